The lowest BCUT2D eigenvalue weighted by molar-refractivity contribution is -0.139. The van der Waals surface area contributed by atoms with Crippen LogP contribution in [0.2, 0.25) is 5.02 Å². The van der Waals surface area contributed by atoms with Crippen LogP contribution in [0.1, 0.15) is 35.1 Å². The summed E-state index contributed by atoms with van der Waals surface area (Å²) in [7, 11) is 0. The van der Waals surface area contributed by atoms with Gasteiger partial charge in [0.1, 0.15) is 29.4 Å². The molecule has 1 aliphatic carbocycles. The number of carboxylic acid groups (broad SMARTS) is 1. The van der Waals surface area contributed by atoms with Crippen molar-refractivity contribution in [3.8, 4) is 23.0 Å². The molecular weight excluding hydrogens is 458 g/mol. The highest BCUT2D eigenvalue weighted by atomic mass is 35.5. The molecule has 176 valence electrons. The number of benzene rings is 3. The first-order valence-corrected chi connectivity index (χ1v) is 11.3. The summed E-state index contributed by atoms with van der Waals surface area (Å²) in [6, 6.07) is 13.5. The largest absolute Gasteiger partial charge is 0.508 e. The van der Waals surface area contributed by atoms with Gasteiger partial charge in [-0.25, -0.2) is 0 Å². The molecule has 0 fully saturated rings. The van der Waals surface area contributed by atoms with Crippen molar-refractivity contribution in [1.82, 2.24) is 0 Å². The number of carboxylic acids is 1. The van der Waals surface area contributed by atoms with Gasteiger partial charge in [-0.15, -0.1) is 0 Å². The van der Waals surface area contributed by atoms with Crippen LogP contribution in [0.15, 0.2) is 48.5 Å². The topological polar surface area (TPSA) is 116 Å². The zero-order valence-electron chi connectivity index (χ0n) is 18.3. The number of phenolic OH excluding ortho intramolecular Hbond substituents is 2. The quantitative estimate of drug-likeness (QED) is 0.327. The first-order valence-electron chi connectivity index (χ1n) is 10.9. The molecule has 0 spiro atoms. The molecule has 0 saturated carbocycles. The van der Waals surface area contributed by atoms with Crippen LogP contribution in [0.5, 0.6) is 23.0 Å². The number of fused-ring (bicyclic) bond motifs is 1. The highest BCUT2D eigenvalue weighted by Gasteiger charge is 2.24. The van der Waals surface area contributed by atoms with Gasteiger partial charge in [0, 0.05) is 11.3 Å². The third-order valence-corrected chi connectivity index (χ3v) is 6.06. The normalized spacial score (nSPS) is 12.3. The molecule has 0 aliphatic heterocycles. The number of ether oxygens (including phenoxy) is 1. The van der Waals surface area contributed by atoms with Gasteiger partial charge in [0.25, 0.3) is 0 Å². The number of phenols is 2. The minimum Gasteiger partial charge on any atom is -0.508 e. The van der Waals surface area contributed by atoms with E-state index in [9.17, 15) is 19.8 Å². The zero-order valence-corrected chi connectivity index (χ0v) is 19.1. The molecule has 0 unspecified atom stereocenters. The zero-order chi connectivity index (χ0) is 24.2. The number of aromatic hydroxyl groups is 2. The summed E-state index contributed by atoms with van der Waals surface area (Å²) in [5, 5.41) is 31.5. The van der Waals surface area contributed by atoms with Crippen molar-refractivity contribution < 1.29 is 29.6 Å². The van der Waals surface area contributed by atoms with E-state index in [1.165, 1.54) is 0 Å². The average Bonchev–Trinajstić information content (AvgIpc) is 3.27. The average molecular weight is 482 g/mol. The van der Waals surface area contributed by atoms with Gasteiger partial charge in [-0.05, 0) is 85.2 Å². The van der Waals surface area contributed by atoms with Gasteiger partial charge in [0.2, 0.25) is 5.91 Å². The Morgan fingerprint density at radius 3 is 2.44 bits per heavy atom. The number of amides is 1. The van der Waals surface area contributed by atoms with Gasteiger partial charge in [-0.2, -0.15) is 0 Å². The number of aliphatic carboxylic acids is 1. The molecule has 4 N–H and O–H groups in total. The van der Waals surface area contributed by atoms with E-state index in [1.54, 1.807) is 36.4 Å². The maximum absolute atomic E-state index is 12.0. The molecule has 3 aromatic carbocycles. The van der Waals surface area contributed by atoms with E-state index in [0.717, 1.165) is 41.5 Å². The number of hydrogen-bond donors (Lipinski definition) is 4. The molecular formula is C26H24ClNO6. The lowest BCUT2D eigenvalue weighted by Crippen LogP contribution is -2.17. The van der Waals surface area contributed by atoms with E-state index in [-0.39, 0.29) is 11.5 Å². The molecule has 0 heterocycles. The predicted octanol–water partition coefficient (Wildman–Crippen LogP) is 5.23. The van der Waals surface area contributed by atoms with Crippen LogP contribution in [0.3, 0.4) is 0 Å². The molecule has 0 saturated heterocycles. The second kappa shape index (κ2) is 10.1. The lowest BCUT2D eigenvalue weighted by atomic mass is 10.0. The van der Waals surface area contributed by atoms with Gasteiger partial charge in [-0.3, -0.25) is 9.59 Å². The Bertz CT molecular complexity index is 1240. The smallest absolute Gasteiger partial charge is 0.312 e. The third kappa shape index (κ3) is 5.43. The van der Waals surface area contributed by atoms with Crippen molar-refractivity contribution in [2.45, 2.75) is 38.5 Å². The maximum Gasteiger partial charge on any atom is 0.312 e. The van der Waals surface area contributed by atoms with E-state index in [2.05, 4.69) is 5.32 Å². The Hall–Kier alpha value is -3.71. The fraction of sp³-hybridized carbons (Fsp3) is 0.231. The molecule has 7 nitrogen and oxygen atoms in total. The van der Waals surface area contributed by atoms with Gasteiger partial charge in [0.15, 0.2) is 0 Å². The standard InChI is InChI=1S/C26H24ClNO6/c27-21-13-22(28-24(31)14-25(32)33)19-2-1-3-20(19)26(21)34-18-10-11-23(30)16(12-18)7-4-15-5-8-17(29)9-6-15/h5-6,8-13,29-30H,1-4,7,14H2,(H,28,31)(H,32,33). The summed E-state index contributed by atoms with van der Waals surface area (Å²) < 4.78 is 6.16. The van der Waals surface area contributed by atoms with Crippen LogP contribution in [0, 0.1) is 0 Å². The molecule has 0 radical (unpaired) electrons. The fourth-order valence-electron chi connectivity index (χ4n) is 4.15. The molecule has 1 aliphatic rings. The monoisotopic (exact) mass is 481 g/mol. The van der Waals surface area contributed by atoms with Crippen molar-refractivity contribution in [3.63, 3.8) is 0 Å². The second-order valence-corrected chi connectivity index (χ2v) is 8.63. The number of anilines is 1. The molecule has 8 heteroatoms. The Balaban J connectivity index is 1.55. The van der Waals surface area contributed by atoms with E-state index >= 15 is 0 Å². The number of hydrogen-bond acceptors (Lipinski definition) is 5. The number of halogens is 1. The van der Waals surface area contributed by atoms with Crippen LogP contribution in [0.4, 0.5) is 5.69 Å². The van der Waals surface area contributed by atoms with E-state index in [4.69, 9.17) is 21.4 Å². The SMILES string of the molecule is O=C(O)CC(=O)Nc1cc(Cl)c(Oc2ccc(O)c(CCc3ccc(O)cc3)c2)c2c1CCC2. The number of carbonyl (C=O) groups is 2. The predicted molar refractivity (Wildman–Crippen MR) is 128 cm³/mol. The van der Waals surface area contributed by atoms with Gasteiger partial charge in [-0.1, -0.05) is 23.7 Å². The summed E-state index contributed by atoms with van der Waals surface area (Å²) in [5.74, 6) is -0.410. The summed E-state index contributed by atoms with van der Waals surface area (Å²) in [6.07, 6.45) is 2.94. The number of carbonyl (C=O) groups excluding carboxylic acids is 1. The van der Waals surface area contributed by atoms with Crippen LogP contribution in [-0.4, -0.2) is 27.2 Å². The van der Waals surface area contributed by atoms with Crippen LogP contribution in [-0.2, 0) is 35.3 Å². The molecule has 0 bridgehead atoms. The Labute approximate surface area is 201 Å². The van der Waals surface area contributed by atoms with Crippen LogP contribution in [0.25, 0.3) is 0 Å². The van der Waals surface area contributed by atoms with Crippen molar-refractivity contribution in [2.75, 3.05) is 5.32 Å². The number of nitrogens with one attached hydrogen (secondary N) is 1. The van der Waals surface area contributed by atoms with Crippen molar-refractivity contribution >= 4 is 29.2 Å². The van der Waals surface area contributed by atoms with Gasteiger partial charge >= 0.3 is 5.97 Å². The Morgan fingerprint density at radius 1 is 0.971 bits per heavy atom. The third-order valence-electron chi connectivity index (χ3n) is 5.78. The van der Waals surface area contributed by atoms with Crippen LogP contribution < -0.4 is 10.1 Å². The van der Waals surface area contributed by atoms with Crippen molar-refractivity contribution in [3.05, 3.63) is 75.8 Å². The summed E-state index contributed by atoms with van der Waals surface area (Å²) in [5.41, 5.74) is 4.04. The molecule has 3 aromatic rings. The van der Waals surface area contributed by atoms with Gasteiger partial charge in [0.05, 0.1) is 5.02 Å². The Kier molecular flexibility index (Phi) is 6.93. The van der Waals surface area contributed by atoms with Crippen LogP contribution >= 0.6 is 11.6 Å². The molecule has 1 amide bonds. The molecule has 0 atom stereocenters. The molecule has 4 rings (SSSR count). The lowest BCUT2D eigenvalue weighted by Gasteiger charge is -2.17. The highest BCUT2D eigenvalue weighted by Crippen LogP contribution is 2.43. The van der Waals surface area contributed by atoms with E-state index in [0.29, 0.717) is 35.1 Å². The van der Waals surface area contributed by atoms with Crippen molar-refractivity contribution in [1.29, 1.82) is 0 Å². The fourth-order valence-corrected chi connectivity index (χ4v) is 4.42. The Morgan fingerprint density at radius 2 is 1.71 bits per heavy atom. The summed E-state index contributed by atoms with van der Waals surface area (Å²) in [4.78, 5) is 22.8. The minimum atomic E-state index is -1.20. The summed E-state index contributed by atoms with van der Waals surface area (Å²) >= 11 is 6.51. The summed E-state index contributed by atoms with van der Waals surface area (Å²) in [6.45, 7) is 0. The van der Waals surface area contributed by atoms with Gasteiger partial charge < -0.3 is 25.4 Å². The van der Waals surface area contributed by atoms with E-state index < -0.39 is 18.3 Å². The van der Waals surface area contributed by atoms with E-state index in [1.807, 2.05) is 12.1 Å². The number of aryl methyl sites for hydroxylation is 2. The maximum atomic E-state index is 12.0. The highest BCUT2D eigenvalue weighted by molar-refractivity contribution is 6.32. The molecule has 0 aromatic heterocycles. The first kappa shape index (κ1) is 23.4. The minimum absolute atomic E-state index is 0.166. The molecule has 34 heavy (non-hydrogen) atoms. The second-order valence-electron chi connectivity index (χ2n) is 8.22. The number of rotatable bonds is 8. The van der Waals surface area contributed by atoms with Crippen molar-refractivity contribution in [2.24, 2.45) is 0 Å². The first-order chi connectivity index (χ1) is 16.3.